The summed E-state index contributed by atoms with van der Waals surface area (Å²) in [6.07, 6.45) is 1.74. The van der Waals surface area contributed by atoms with Crippen LogP contribution in [0.2, 0.25) is 0 Å². The molecule has 0 aliphatic carbocycles. The van der Waals surface area contributed by atoms with Gasteiger partial charge in [0.15, 0.2) is 0 Å². The Kier molecular flexibility index (Phi) is 3.62. The van der Waals surface area contributed by atoms with Crippen LogP contribution in [0.15, 0.2) is 18.3 Å². The molecule has 0 saturated heterocycles. The summed E-state index contributed by atoms with van der Waals surface area (Å²) in [7, 11) is 1.62. The van der Waals surface area contributed by atoms with E-state index < -0.39 is 0 Å². The van der Waals surface area contributed by atoms with E-state index in [1.54, 1.807) is 13.3 Å². The van der Waals surface area contributed by atoms with Gasteiger partial charge in [-0.05, 0) is 31.5 Å². The minimum absolute atomic E-state index is 0.00640. The first-order chi connectivity index (χ1) is 8.63. The maximum absolute atomic E-state index is 12.1. The number of methoxy groups -OCH3 is 1. The molecule has 1 unspecified atom stereocenters. The van der Waals surface area contributed by atoms with E-state index in [9.17, 15) is 4.79 Å². The summed E-state index contributed by atoms with van der Waals surface area (Å²) in [6, 6.07) is 3.67. The van der Waals surface area contributed by atoms with Crippen molar-refractivity contribution in [2.45, 2.75) is 20.0 Å². The minimum atomic E-state index is -0.0838. The summed E-state index contributed by atoms with van der Waals surface area (Å²) in [5, 5.41) is 10.7. The topological polar surface area (TPSA) is 67.0 Å². The first-order valence-electron chi connectivity index (χ1n) is 5.87. The van der Waals surface area contributed by atoms with Gasteiger partial charge >= 0.3 is 0 Å². The second-order valence-electron chi connectivity index (χ2n) is 4.33. The van der Waals surface area contributed by atoms with Crippen LogP contribution in [0.4, 0.5) is 0 Å². The van der Waals surface area contributed by atoms with Crippen LogP contribution < -0.4 is 5.32 Å². The Labute approximate surface area is 106 Å². The van der Waals surface area contributed by atoms with Crippen molar-refractivity contribution in [2.75, 3.05) is 13.7 Å². The Balaban J connectivity index is 2.20. The number of hydrogen-bond donors (Lipinski definition) is 2. The molecule has 1 aromatic carbocycles. The lowest BCUT2D eigenvalue weighted by Crippen LogP contribution is -2.31. The molecule has 2 rings (SSSR count). The second kappa shape index (κ2) is 5.18. The molecule has 5 nitrogen and oxygen atoms in total. The lowest BCUT2D eigenvalue weighted by Gasteiger charge is -2.12. The Morgan fingerprint density at radius 3 is 3.06 bits per heavy atom. The van der Waals surface area contributed by atoms with E-state index in [-0.39, 0.29) is 12.0 Å². The third kappa shape index (κ3) is 2.36. The normalized spacial score (nSPS) is 12.6. The van der Waals surface area contributed by atoms with Crippen LogP contribution in [0.25, 0.3) is 10.9 Å². The molecule has 0 spiro atoms. The Bertz CT molecular complexity index is 562. The zero-order chi connectivity index (χ0) is 13.1. The van der Waals surface area contributed by atoms with Crippen LogP contribution in [-0.2, 0) is 4.74 Å². The average molecular weight is 247 g/mol. The summed E-state index contributed by atoms with van der Waals surface area (Å²) in [5.74, 6) is -0.0838. The zero-order valence-corrected chi connectivity index (χ0v) is 10.8. The first kappa shape index (κ1) is 12.6. The molecule has 0 radical (unpaired) electrons. The minimum Gasteiger partial charge on any atom is -0.380 e. The van der Waals surface area contributed by atoms with Crippen molar-refractivity contribution in [3.05, 3.63) is 29.5 Å². The van der Waals surface area contributed by atoms with Gasteiger partial charge in [0.05, 0.1) is 17.8 Å². The number of aromatic nitrogens is 2. The van der Waals surface area contributed by atoms with E-state index >= 15 is 0 Å². The molecule has 2 aromatic rings. The highest BCUT2D eigenvalue weighted by Gasteiger charge is 2.12. The van der Waals surface area contributed by atoms with Crippen LogP contribution in [0.3, 0.4) is 0 Å². The second-order valence-corrected chi connectivity index (χ2v) is 4.33. The van der Waals surface area contributed by atoms with Crippen LogP contribution in [0.1, 0.15) is 22.8 Å². The maximum Gasteiger partial charge on any atom is 0.251 e. The number of benzene rings is 1. The van der Waals surface area contributed by atoms with Crippen molar-refractivity contribution in [2.24, 2.45) is 0 Å². The quantitative estimate of drug-likeness (QED) is 0.863. The number of nitrogens with one attached hydrogen (secondary N) is 2. The van der Waals surface area contributed by atoms with E-state index in [2.05, 4.69) is 15.5 Å². The maximum atomic E-state index is 12.1. The Morgan fingerprint density at radius 1 is 1.56 bits per heavy atom. The number of carbonyl (C=O) groups excluding carboxylic acids is 1. The summed E-state index contributed by atoms with van der Waals surface area (Å²) >= 11 is 0. The summed E-state index contributed by atoms with van der Waals surface area (Å²) in [6.45, 7) is 4.33. The highest BCUT2D eigenvalue weighted by atomic mass is 16.5. The van der Waals surface area contributed by atoms with Gasteiger partial charge in [-0.3, -0.25) is 9.89 Å². The number of aromatic amines is 1. The molecule has 1 heterocycles. The number of carbonyl (C=O) groups is 1. The molecule has 18 heavy (non-hydrogen) atoms. The predicted octanol–water partition coefficient (Wildman–Crippen LogP) is 1.64. The number of rotatable bonds is 4. The molecule has 1 atom stereocenters. The number of amides is 1. The molecule has 0 bridgehead atoms. The molecular weight excluding hydrogens is 230 g/mol. The molecule has 0 saturated carbocycles. The van der Waals surface area contributed by atoms with Crippen molar-refractivity contribution < 1.29 is 9.53 Å². The van der Waals surface area contributed by atoms with Crippen LogP contribution >= 0.6 is 0 Å². The largest absolute Gasteiger partial charge is 0.380 e. The van der Waals surface area contributed by atoms with Crippen molar-refractivity contribution in [1.29, 1.82) is 0 Å². The van der Waals surface area contributed by atoms with Crippen LogP contribution in [0.5, 0.6) is 0 Å². The number of H-pyrrole nitrogens is 1. The van der Waals surface area contributed by atoms with Gasteiger partial charge in [-0.1, -0.05) is 0 Å². The lowest BCUT2D eigenvalue weighted by molar-refractivity contribution is 0.0870. The number of hydrogen-bond acceptors (Lipinski definition) is 3. The van der Waals surface area contributed by atoms with Crippen molar-refractivity contribution in [3.8, 4) is 0 Å². The lowest BCUT2D eigenvalue weighted by atomic mass is 10.0. The fourth-order valence-electron chi connectivity index (χ4n) is 1.82. The third-order valence-electron chi connectivity index (χ3n) is 3.09. The molecule has 0 fully saturated rings. The molecule has 0 aliphatic rings. The smallest absolute Gasteiger partial charge is 0.251 e. The van der Waals surface area contributed by atoms with Gasteiger partial charge in [-0.15, -0.1) is 0 Å². The van der Waals surface area contributed by atoms with E-state index in [0.29, 0.717) is 12.1 Å². The van der Waals surface area contributed by atoms with Crippen molar-refractivity contribution in [1.82, 2.24) is 15.5 Å². The summed E-state index contributed by atoms with van der Waals surface area (Å²) in [4.78, 5) is 12.1. The fourth-order valence-corrected chi connectivity index (χ4v) is 1.82. The molecular formula is C13H17N3O2. The van der Waals surface area contributed by atoms with E-state index in [1.165, 1.54) is 0 Å². The van der Waals surface area contributed by atoms with Gasteiger partial charge < -0.3 is 10.1 Å². The number of nitrogens with zero attached hydrogens (tertiary/aromatic N) is 1. The first-order valence-corrected chi connectivity index (χ1v) is 5.87. The van der Waals surface area contributed by atoms with Crippen molar-refractivity contribution >= 4 is 16.8 Å². The van der Waals surface area contributed by atoms with E-state index in [4.69, 9.17) is 4.74 Å². The molecule has 1 aromatic heterocycles. The van der Waals surface area contributed by atoms with Gasteiger partial charge in [-0.25, -0.2) is 0 Å². The molecule has 2 N–H and O–H groups in total. The van der Waals surface area contributed by atoms with Crippen molar-refractivity contribution in [3.63, 3.8) is 0 Å². The van der Waals surface area contributed by atoms with Gasteiger partial charge in [0.2, 0.25) is 0 Å². The molecule has 0 aliphatic heterocycles. The summed E-state index contributed by atoms with van der Waals surface area (Å²) in [5.41, 5.74) is 2.55. The predicted molar refractivity (Wildman–Crippen MR) is 69.6 cm³/mol. The SMILES string of the molecule is COC(C)CNC(=O)c1ccc2[nH]ncc2c1C. The van der Waals surface area contributed by atoms with E-state index in [0.717, 1.165) is 16.5 Å². The number of fused-ring (bicyclic) bond motifs is 1. The van der Waals surface area contributed by atoms with Gasteiger partial charge in [-0.2, -0.15) is 5.10 Å². The summed E-state index contributed by atoms with van der Waals surface area (Å²) < 4.78 is 5.09. The number of aryl methyl sites for hydroxylation is 1. The number of ether oxygens (including phenoxy) is 1. The molecule has 1 amide bonds. The standard InChI is InChI=1S/C13H17N3O2/c1-8(18-3)6-14-13(17)10-4-5-12-11(9(10)2)7-15-16-12/h4-5,7-8H,6H2,1-3H3,(H,14,17)(H,15,16). The average Bonchev–Trinajstić information content (AvgIpc) is 2.85. The highest BCUT2D eigenvalue weighted by Crippen LogP contribution is 2.19. The van der Waals surface area contributed by atoms with Gasteiger partial charge in [0.25, 0.3) is 5.91 Å². The fraction of sp³-hybridized carbons (Fsp3) is 0.385. The third-order valence-corrected chi connectivity index (χ3v) is 3.09. The Hall–Kier alpha value is -1.88. The van der Waals surface area contributed by atoms with Crippen LogP contribution in [0, 0.1) is 6.92 Å². The zero-order valence-electron chi connectivity index (χ0n) is 10.8. The van der Waals surface area contributed by atoms with Crippen LogP contribution in [-0.4, -0.2) is 35.9 Å². The van der Waals surface area contributed by atoms with Gasteiger partial charge in [0.1, 0.15) is 0 Å². The Morgan fingerprint density at radius 2 is 2.33 bits per heavy atom. The van der Waals surface area contributed by atoms with Gasteiger partial charge in [0, 0.05) is 24.6 Å². The molecule has 96 valence electrons. The highest BCUT2D eigenvalue weighted by molar-refractivity contribution is 6.00. The monoisotopic (exact) mass is 247 g/mol. The van der Waals surface area contributed by atoms with E-state index in [1.807, 2.05) is 26.0 Å². The molecule has 5 heteroatoms.